The Kier molecular flexibility index (Phi) is 8.97. The summed E-state index contributed by atoms with van der Waals surface area (Å²) in [5.74, 6) is 0.190. The molecule has 30 heavy (non-hydrogen) atoms. The first-order valence-corrected chi connectivity index (χ1v) is 10.2. The fourth-order valence-electron chi connectivity index (χ4n) is 4.10. The Hall–Kier alpha value is -2.27. The lowest BCUT2D eigenvalue weighted by molar-refractivity contribution is 0.591. The molecule has 4 aromatic rings. The van der Waals surface area contributed by atoms with Crippen LogP contribution in [-0.2, 0) is 6.54 Å². The van der Waals surface area contributed by atoms with E-state index in [2.05, 4.69) is 64.9 Å². The van der Waals surface area contributed by atoms with Crippen LogP contribution in [0.4, 0.5) is 0 Å². The van der Waals surface area contributed by atoms with Crippen molar-refractivity contribution in [3.8, 4) is 0 Å². The van der Waals surface area contributed by atoms with Crippen LogP contribution < -0.4 is 16.8 Å². The maximum absolute atomic E-state index is 5.33. The van der Waals surface area contributed by atoms with Gasteiger partial charge < -0.3 is 16.8 Å². The number of halogens is 2. The highest BCUT2D eigenvalue weighted by molar-refractivity contribution is 6.23. The summed E-state index contributed by atoms with van der Waals surface area (Å²) in [6, 6.07) is 20.1. The molecule has 0 heterocycles. The Bertz CT molecular complexity index is 1090. The number of nitrogens with two attached hydrogens (primary N) is 2. The van der Waals surface area contributed by atoms with Gasteiger partial charge in [0.2, 0.25) is 0 Å². The van der Waals surface area contributed by atoms with Gasteiger partial charge in [0.05, 0.1) is 0 Å². The minimum absolute atomic E-state index is 0. The lowest BCUT2D eigenvalue weighted by Gasteiger charge is -2.14. The maximum atomic E-state index is 5.33. The summed E-state index contributed by atoms with van der Waals surface area (Å²) in [5.41, 5.74) is 12.0. The molecule has 4 nitrogen and oxygen atoms in total. The summed E-state index contributed by atoms with van der Waals surface area (Å²) < 4.78 is 0. The molecule has 4 aromatic carbocycles. The zero-order chi connectivity index (χ0) is 19.3. The highest BCUT2D eigenvalue weighted by atomic mass is 35.5. The lowest BCUT2D eigenvalue weighted by atomic mass is 9.92. The molecule has 0 bridgehead atoms. The van der Waals surface area contributed by atoms with Crippen molar-refractivity contribution in [2.45, 2.75) is 32.2 Å². The van der Waals surface area contributed by atoms with Crippen LogP contribution in [0.5, 0.6) is 0 Å². The number of aliphatic imine (C=N–C) groups is 1. The quantitative estimate of drug-likeness (QED) is 0.141. The first kappa shape index (κ1) is 24.0. The average molecular weight is 445 g/mol. The first-order valence-electron chi connectivity index (χ1n) is 10.2. The van der Waals surface area contributed by atoms with Gasteiger partial charge in [-0.3, -0.25) is 4.99 Å². The fraction of sp³-hybridized carbons (Fsp3) is 0.292. The van der Waals surface area contributed by atoms with E-state index in [0.29, 0.717) is 0 Å². The molecule has 0 saturated heterocycles. The summed E-state index contributed by atoms with van der Waals surface area (Å²) in [4.78, 5) is 4.02. The van der Waals surface area contributed by atoms with Gasteiger partial charge >= 0.3 is 0 Å². The molecule has 0 aliphatic rings. The molecular formula is C24H30Cl2N4. The van der Waals surface area contributed by atoms with E-state index in [-0.39, 0.29) is 30.8 Å². The SMILES string of the molecule is Cl.Cl.NC(N)=NCCCCCCNCc1ccc2ccc3cccc4ccc1c2c34. The van der Waals surface area contributed by atoms with Gasteiger partial charge in [0.1, 0.15) is 0 Å². The van der Waals surface area contributed by atoms with E-state index >= 15 is 0 Å². The maximum Gasteiger partial charge on any atom is 0.185 e. The second kappa shape index (κ2) is 11.2. The molecule has 0 unspecified atom stereocenters. The molecule has 0 amide bonds. The van der Waals surface area contributed by atoms with Crippen molar-refractivity contribution in [1.29, 1.82) is 0 Å². The van der Waals surface area contributed by atoms with E-state index in [9.17, 15) is 0 Å². The van der Waals surface area contributed by atoms with E-state index in [1.54, 1.807) is 0 Å². The van der Waals surface area contributed by atoms with Crippen molar-refractivity contribution in [2.75, 3.05) is 13.1 Å². The smallest absolute Gasteiger partial charge is 0.185 e. The third kappa shape index (κ3) is 5.25. The van der Waals surface area contributed by atoms with Crippen molar-refractivity contribution < 1.29 is 0 Å². The second-order valence-electron chi connectivity index (χ2n) is 7.48. The molecular weight excluding hydrogens is 415 g/mol. The van der Waals surface area contributed by atoms with Gasteiger partial charge in [-0.1, -0.05) is 67.4 Å². The molecule has 0 radical (unpaired) electrons. The van der Waals surface area contributed by atoms with Crippen LogP contribution in [0.2, 0.25) is 0 Å². The number of hydrogen-bond donors (Lipinski definition) is 3. The predicted octanol–water partition coefficient (Wildman–Crippen LogP) is 5.35. The number of hydrogen-bond acceptors (Lipinski definition) is 2. The molecule has 160 valence electrons. The zero-order valence-electron chi connectivity index (χ0n) is 17.1. The van der Waals surface area contributed by atoms with Crippen LogP contribution in [0.25, 0.3) is 32.3 Å². The number of nitrogens with zero attached hydrogens (tertiary/aromatic N) is 1. The molecule has 0 atom stereocenters. The molecule has 0 aromatic heterocycles. The summed E-state index contributed by atoms with van der Waals surface area (Å²) in [6.07, 6.45) is 4.59. The van der Waals surface area contributed by atoms with Crippen molar-refractivity contribution in [3.63, 3.8) is 0 Å². The number of rotatable bonds is 9. The minimum Gasteiger partial charge on any atom is -0.370 e. The lowest BCUT2D eigenvalue weighted by Crippen LogP contribution is -2.22. The summed E-state index contributed by atoms with van der Waals surface area (Å²) >= 11 is 0. The molecule has 0 spiro atoms. The van der Waals surface area contributed by atoms with Gasteiger partial charge in [0.15, 0.2) is 5.96 Å². The third-order valence-corrected chi connectivity index (χ3v) is 5.49. The van der Waals surface area contributed by atoms with E-state index in [1.807, 2.05) is 0 Å². The summed E-state index contributed by atoms with van der Waals surface area (Å²) in [5, 5.41) is 11.7. The molecule has 0 aliphatic carbocycles. The Balaban J connectivity index is 0.00000160. The number of benzene rings is 4. The molecule has 0 fully saturated rings. The van der Waals surface area contributed by atoms with Crippen LogP contribution in [-0.4, -0.2) is 19.0 Å². The van der Waals surface area contributed by atoms with E-state index in [1.165, 1.54) is 50.7 Å². The Morgan fingerprint density at radius 3 is 2.10 bits per heavy atom. The number of unbranched alkanes of at least 4 members (excludes halogenated alkanes) is 3. The highest BCUT2D eigenvalue weighted by Gasteiger charge is 2.10. The Morgan fingerprint density at radius 1 is 0.733 bits per heavy atom. The van der Waals surface area contributed by atoms with Crippen LogP contribution in [0.3, 0.4) is 0 Å². The monoisotopic (exact) mass is 444 g/mol. The van der Waals surface area contributed by atoms with E-state index < -0.39 is 0 Å². The molecule has 0 saturated carbocycles. The predicted molar refractivity (Wildman–Crippen MR) is 135 cm³/mol. The standard InChI is InChI=1S/C24H28N4.2ClH/c25-24(26)28-15-4-2-1-3-14-27-16-20-11-10-19-9-8-17-6-5-7-18-12-13-21(20)23(19)22(17)18;;/h5-13,27H,1-4,14-16H2,(H4,25,26,28);2*1H. The third-order valence-electron chi connectivity index (χ3n) is 5.49. The summed E-state index contributed by atoms with van der Waals surface area (Å²) in [7, 11) is 0. The van der Waals surface area contributed by atoms with Gasteiger partial charge in [-0.25, -0.2) is 0 Å². The van der Waals surface area contributed by atoms with Gasteiger partial charge in [0.25, 0.3) is 0 Å². The normalized spacial score (nSPS) is 10.8. The molecule has 6 heteroatoms. The number of guanidine groups is 1. The molecule has 5 N–H and O–H groups in total. The van der Waals surface area contributed by atoms with Crippen LogP contribution >= 0.6 is 24.8 Å². The Labute approximate surface area is 190 Å². The molecule has 4 rings (SSSR count). The largest absolute Gasteiger partial charge is 0.370 e. The fourth-order valence-corrected chi connectivity index (χ4v) is 4.10. The van der Waals surface area contributed by atoms with Crippen molar-refractivity contribution in [2.24, 2.45) is 16.5 Å². The summed E-state index contributed by atoms with van der Waals surface area (Å²) in [6.45, 7) is 2.67. The van der Waals surface area contributed by atoms with Crippen LogP contribution in [0, 0.1) is 0 Å². The van der Waals surface area contributed by atoms with Gasteiger partial charge in [-0.15, -0.1) is 24.8 Å². The number of nitrogens with one attached hydrogen (secondary N) is 1. The van der Waals surface area contributed by atoms with Gasteiger partial charge in [-0.05, 0) is 57.3 Å². The van der Waals surface area contributed by atoms with Crippen molar-refractivity contribution >= 4 is 63.1 Å². The first-order chi connectivity index (χ1) is 13.7. The van der Waals surface area contributed by atoms with E-state index in [4.69, 9.17) is 11.5 Å². The highest BCUT2D eigenvalue weighted by Crippen LogP contribution is 2.35. The topological polar surface area (TPSA) is 76.4 Å². The van der Waals surface area contributed by atoms with Gasteiger partial charge in [0, 0.05) is 13.1 Å². The van der Waals surface area contributed by atoms with Crippen LogP contribution in [0.15, 0.2) is 59.6 Å². The second-order valence-corrected chi connectivity index (χ2v) is 7.48. The average Bonchev–Trinajstić information content (AvgIpc) is 2.71. The minimum atomic E-state index is 0. The van der Waals surface area contributed by atoms with Crippen LogP contribution in [0.1, 0.15) is 31.2 Å². The zero-order valence-corrected chi connectivity index (χ0v) is 18.7. The van der Waals surface area contributed by atoms with Crippen molar-refractivity contribution in [3.05, 3.63) is 60.2 Å². The van der Waals surface area contributed by atoms with Crippen molar-refractivity contribution in [1.82, 2.24) is 5.32 Å². The van der Waals surface area contributed by atoms with Gasteiger partial charge in [-0.2, -0.15) is 0 Å². The van der Waals surface area contributed by atoms with E-state index in [0.717, 1.165) is 32.5 Å². The molecule has 0 aliphatic heterocycles. The Morgan fingerprint density at radius 2 is 1.37 bits per heavy atom.